The standard InChI is InChI=1S/C30H30N2O4/c1-6-21-11-9-10-19(3)26(21)31-28(33)20(4)36-30(35)27-25(22-16-14-18(2)15-17-22)23-12-7-8-13-24(23)29(34)32(27)5/h7-17,20H,6H2,1-5H3,(H,31,33). The van der Waals surface area contributed by atoms with Gasteiger partial charge in [0.15, 0.2) is 6.10 Å². The van der Waals surface area contributed by atoms with Gasteiger partial charge in [-0.1, -0.05) is 73.2 Å². The van der Waals surface area contributed by atoms with Crippen molar-refractivity contribution < 1.29 is 14.3 Å². The van der Waals surface area contributed by atoms with Crippen LogP contribution in [0.25, 0.3) is 21.9 Å². The second-order valence-corrected chi connectivity index (χ2v) is 9.00. The van der Waals surface area contributed by atoms with Crippen LogP contribution in [0, 0.1) is 13.8 Å². The first-order valence-corrected chi connectivity index (χ1v) is 12.0. The molecule has 0 saturated carbocycles. The monoisotopic (exact) mass is 482 g/mol. The third-order valence-electron chi connectivity index (χ3n) is 6.48. The van der Waals surface area contributed by atoms with Crippen molar-refractivity contribution in [3.05, 3.63) is 99.5 Å². The molecule has 36 heavy (non-hydrogen) atoms. The molecule has 0 aliphatic rings. The number of fused-ring (bicyclic) bond motifs is 1. The zero-order chi connectivity index (χ0) is 26.0. The van der Waals surface area contributed by atoms with E-state index in [2.05, 4.69) is 5.32 Å². The van der Waals surface area contributed by atoms with E-state index in [1.54, 1.807) is 19.2 Å². The normalized spacial score (nSPS) is 11.8. The van der Waals surface area contributed by atoms with Crippen LogP contribution in [0.3, 0.4) is 0 Å². The van der Waals surface area contributed by atoms with Crippen LogP contribution in [0.1, 0.15) is 41.0 Å². The van der Waals surface area contributed by atoms with E-state index in [4.69, 9.17) is 4.74 Å². The summed E-state index contributed by atoms with van der Waals surface area (Å²) in [6.45, 7) is 7.45. The summed E-state index contributed by atoms with van der Waals surface area (Å²) in [5, 5.41) is 4.07. The molecule has 6 heteroatoms. The average molecular weight is 483 g/mol. The molecule has 6 nitrogen and oxygen atoms in total. The van der Waals surface area contributed by atoms with Gasteiger partial charge in [-0.15, -0.1) is 0 Å². The van der Waals surface area contributed by atoms with Crippen LogP contribution in [0.15, 0.2) is 71.5 Å². The van der Waals surface area contributed by atoms with Crippen molar-refractivity contribution in [3.63, 3.8) is 0 Å². The lowest BCUT2D eigenvalue weighted by Gasteiger charge is -2.20. The number of aryl methyl sites for hydroxylation is 3. The zero-order valence-corrected chi connectivity index (χ0v) is 21.2. The number of ether oxygens (including phenoxy) is 1. The van der Waals surface area contributed by atoms with Gasteiger partial charge >= 0.3 is 5.97 Å². The fraction of sp³-hybridized carbons (Fsp3) is 0.233. The fourth-order valence-corrected chi connectivity index (χ4v) is 4.41. The SMILES string of the molecule is CCc1cccc(C)c1NC(=O)C(C)OC(=O)c1c(-c2ccc(C)cc2)c2ccccc2c(=O)n1C. The molecular weight excluding hydrogens is 452 g/mol. The predicted octanol–water partition coefficient (Wildman–Crippen LogP) is 5.57. The van der Waals surface area contributed by atoms with E-state index >= 15 is 0 Å². The van der Waals surface area contributed by atoms with E-state index in [1.165, 1.54) is 11.5 Å². The number of hydrogen-bond donors (Lipinski definition) is 1. The highest BCUT2D eigenvalue weighted by Gasteiger charge is 2.26. The Morgan fingerprint density at radius 3 is 2.28 bits per heavy atom. The van der Waals surface area contributed by atoms with Gasteiger partial charge < -0.3 is 14.6 Å². The van der Waals surface area contributed by atoms with Crippen LogP contribution >= 0.6 is 0 Å². The molecule has 0 aliphatic carbocycles. The number of aromatic nitrogens is 1. The number of benzene rings is 3. The topological polar surface area (TPSA) is 77.4 Å². The number of carbonyl (C=O) groups excluding carboxylic acids is 2. The summed E-state index contributed by atoms with van der Waals surface area (Å²) in [7, 11) is 1.55. The second kappa shape index (κ2) is 10.2. The van der Waals surface area contributed by atoms with Gasteiger partial charge in [-0.3, -0.25) is 9.59 Å². The highest BCUT2D eigenvalue weighted by atomic mass is 16.5. The molecule has 1 aromatic heterocycles. The van der Waals surface area contributed by atoms with Crippen molar-refractivity contribution in [1.29, 1.82) is 0 Å². The summed E-state index contributed by atoms with van der Waals surface area (Å²) in [5.74, 6) is -1.17. The maximum Gasteiger partial charge on any atom is 0.356 e. The lowest BCUT2D eigenvalue weighted by Crippen LogP contribution is -2.33. The smallest absolute Gasteiger partial charge is 0.356 e. The van der Waals surface area contributed by atoms with E-state index in [0.717, 1.165) is 34.4 Å². The molecule has 1 amide bonds. The maximum absolute atomic E-state index is 13.5. The molecule has 3 aromatic carbocycles. The van der Waals surface area contributed by atoms with E-state index in [1.807, 2.05) is 75.4 Å². The van der Waals surface area contributed by atoms with E-state index < -0.39 is 18.0 Å². The summed E-state index contributed by atoms with van der Waals surface area (Å²) in [6, 6.07) is 20.8. The molecule has 4 aromatic rings. The highest BCUT2D eigenvalue weighted by Crippen LogP contribution is 2.31. The first kappa shape index (κ1) is 24.9. The minimum atomic E-state index is -1.07. The molecule has 0 fully saturated rings. The maximum atomic E-state index is 13.5. The predicted molar refractivity (Wildman–Crippen MR) is 143 cm³/mol. The molecule has 0 radical (unpaired) electrons. The molecule has 1 heterocycles. The Labute approximate surface area is 210 Å². The average Bonchev–Trinajstić information content (AvgIpc) is 2.87. The first-order chi connectivity index (χ1) is 17.2. The van der Waals surface area contributed by atoms with Crippen molar-refractivity contribution in [2.75, 3.05) is 5.32 Å². The van der Waals surface area contributed by atoms with Gasteiger partial charge in [0.1, 0.15) is 5.69 Å². The molecule has 0 spiro atoms. The molecule has 0 bridgehead atoms. The van der Waals surface area contributed by atoms with Gasteiger partial charge in [-0.2, -0.15) is 0 Å². The third-order valence-corrected chi connectivity index (χ3v) is 6.48. The summed E-state index contributed by atoms with van der Waals surface area (Å²) in [5.41, 5.74) is 4.91. The molecule has 1 N–H and O–H groups in total. The summed E-state index contributed by atoms with van der Waals surface area (Å²) in [6.07, 6.45) is -0.320. The van der Waals surface area contributed by atoms with Crippen molar-refractivity contribution in [3.8, 4) is 11.1 Å². The Morgan fingerprint density at radius 2 is 1.61 bits per heavy atom. The highest BCUT2D eigenvalue weighted by molar-refractivity contribution is 6.07. The van der Waals surface area contributed by atoms with Crippen LogP contribution in [-0.4, -0.2) is 22.5 Å². The van der Waals surface area contributed by atoms with Crippen LogP contribution < -0.4 is 10.9 Å². The number of anilines is 1. The molecule has 184 valence electrons. The third kappa shape index (κ3) is 4.67. The number of esters is 1. The summed E-state index contributed by atoms with van der Waals surface area (Å²) < 4.78 is 6.95. The fourth-order valence-electron chi connectivity index (χ4n) is 4.41. The lowest BCUT2D eigenvalue weighted by atomic mass is 9.96. The minimum absolute atomic E-state index is 0.104. The van der Waals surface area contributed by atoms with Crippen molar-refractivity contribution >= 4 is 28.3 Å². The van der Waals surface area contributed by atoms with Crippen LogP contribution in [-0.2, 0) is 23.0 Å². The second-order valence-electron chi connectivity index (χ2n) is 9.00. The Balaban J connectivity index is 1.73. The first-order valence-electron chi connectivity index (χ1n) is 12.0. The zero-order valence-electron chi connectivity index (χ0n) is 21.2. The molecule has 0 saturated heterocycles. The molecule has 4 rings (SSSR count). The van der Waals surface area contributed by atoms with Crippen LogP contribution in [0.2, 0.25) is 0 Å². The van der Waals surface area contributed by atoms with E-state index in [-0.39, 0.29) is 11.3 Å². The van der Waals surface area contributed by atoms with Crippen molar-refractivity contribution in [1.82, 2.24) is 4.57 Å². The number of nitrogens with zero attached hydrogens (tertiary/aromatic N) is 1. The van der Waals surface area contributed by atoms with Gasteiger partial charge in [0, 0.05) is 23.7 Å². The van der Waals surface area contributed by atoms with Gasteiger partial charge in [-0.25, -0.2) is 4.79 Å². The largest absolute Gasteiger partial charge is 0.448 e. The number of nitrogens with one attached hydrogen (secondary N) is 1. The quantitative estimate of drug-likeness (QED) is 0.365. The molecule has 0 aliphatic heterocycles. The lowest BCUT2D eigenvalue weighted by molar-refractivity contribution is -0.123. The van der Waals surface area contributed by atoms with Crippen LogP contribution in [0.4, 0.5) is 5.69 Å². The molecule has 1 atom stereocenters. The summed E-state index contributed by atoms with van der Waals surface area (Å²) >= 11 is 0. The Hall–Kier alpha value is -4.19. The Bertz CT molecular complexity index is 1520. The van der Waals surface area contributed by atoms with Gasteiger partial charge in [0.25, 0.3) is 11.5 Å². The van der Waals surface area contributed by atoms with Crippen LogP contribution in [0.5, 0.6) is 0 Å². The molecule has 1 unspecified atom stereocenters. The number of amides is 1. The van der Waals surface area contributed by atoms with E-state index in [0.29, 0.717) is 16.3 Å². The van der Waals surface area contributed by atoms with E-state index in [9.17, 15) is 14.4 Å². The number of pyridine rings is 1. The number of rotatable bonds is 6. The summed E-state index contributed by atoms with van der Waals surface area (Å²) in [4.78, 5) is 39.7. The Morgan fingerprint density at radius 1 is 0.944 bits per heavy atom. The number of hydrogen-bond acceptors (Lipinski definition) is 4. The van der Waals surface area contributed by atoms with Gasteiger partial charge in [0.2, 0.25) is 0 Å². The van der Waals surface area contributed by atoms with Gasteiger partial charge in [-0.05, 0) is 55.3 Å². The van der Waals surface area contributed by atoms with Crippen molar-refractivity contribution in [2.24, 2.45) is 7.05 Å². The minimum Gasteiger partial charge on any atom is -0.448 e. The van der Waals surface area contributed by atoms with Gasteiger partial charge in [0.05, 0.1) is 0 Å². The molecular formula is C30H30N2O4. The Kier molecular flexibility index (Phi) is 7.06. The van der Waals surface area contributed by atoms with Crippen molar-refractivity contribution in [2.45, 2.75) is 40.2 Å². The number of carbonyl (C=O) groups is 2. The number of para-hydroxylation sites is 1.